The van der Waals surface area contributed by atoms with E-state index in [0.717, 1.165) is 0 Å². The van der Waals surface area contributed by atoms with Gasteiger partial charge in [-0.2, -0.15) is 5.10 Å². The van der Waals surface area contributed by atoms with Crippen LogP contribution in [0.15, 0.2) is 84.3 Å². The largest absolute Gasteiger partial charge is 0.366 e. The molecule has 32 heavy (non-hydrogen) atoms. The fraction of sp³-hybridized carbons (Fsp3) is 0. The predicted octanol–water partition coefficient (Wildman–Crippen LogP) is 2.87. The molecule has 0 aliphatic rings. The van der Waals surface area contributed by atoms with Crippen molar-refractivity contribution in [1.29, 1.82) is 0 Å². The monoisotopic (exact) mass is 426 g/mol. The zero-order chi connectivity index (χ0) is 22.2. The molecule has 0 radical (unpaired) electrons. The maximum Gasteiger partial charge on any atom is 0.284 e. The number of hydrogen-bond acceptors (Lipinski definition) is 5. The Labute approximate surface area is 180 Å². The molecule has 5 aromatic rings. The average molecular weight is 426 g/mol. The Morgan fingerprint density at radius 3 is 2.56 bits per heavy atom. The highest BCUT2D eigenvalue weighted by atomic mass is 19.1. The van der Waals surface area contributed by atoms with Gasteiger partial charge in [0.2, 0.25) is 0 Å². The van der Waals surface area contributed by atoms with E-state index >= 15 is 0 Å². The first kappa shape index (κ1) is 19.3. The van der Waals surface area contributed by atoms with Crippen molar-refractivity contribution >= 4 is 16.9 Å². The lowest BCUT2D eigenvalue weighted by Gasteiger charge is -2.14. The summed E-state index contributed by atoms with van der Waals surface area (Å²) in [5, 5.41) is 4.29. The van der Waals surface area contributed by atoms with E-state index in [2.05, 4.69) is 15.1 Å². The molecule has 1 amide bonds. The van der Waals surface area contributed by atoms with Crippen LogP contribution >= 0.6 is 0 Å². The van der Waals surface area contributed by atoms with Gasteiger partial charge in [-0.3, -0.25) is 19.1 Å². The van der Waals surface area contributed by atoms with Crippen LogP contribution in [-0.4, -0.2) is 30.2 Å². The number of para-hydroxylation sites is 1. The minimum atomic E-state index is -0.787. The van der Waals surface area contributed by atoms with Crippen LogP contribution in [-0.2, 0) is 0 Å². The van der Waals surface area contributed by atoms with E-state index in [1.807, 2.05) is 30.3 Å². The number of carbonyl (C=O) groups excluding carboxylic acids is 1. The molecule has 5 rings (SSSR count). The second kappa shape index (κ2) is 7.55. The molecule has 0 saturated carbocycles. The number of rotatable bonds is 4. The van der Waals surface area contributed by atoms with Crippen molar-refractivity contribution in [2.24, 2.45) is 5.73 Å². The van der Waals surface area contributed by atoms with Crippen LogP contribution in [0.25, 0.3) is 33.5 Å². The summed E-state index contributed by atoms with van der Waals surface area (Å²) in [7, 11) is 0. The molecular weight excluding hydrogens is 411 g/mol. The van der Waals surface area contributed by atoms with Crippen LogP contribution in [0, 0.1) is 5.82 Å². The summed E-state index contributed by atoms with van der Waals surface area (Å²) in [6, 6.07) is 14.8. The van der Waals surface area contributed by atoms with Gasteiger partial charge < -0.3 is 5.73 Å². The lowest BCUT2D eigenvalue weighted by Crippen LogP contribution is -2.25. The van der Waals surface area contributed by atoms with Crippen molar-refractivity contribution in [1.82, 2.24) is 24.3 Å². The molecule has 0 bridgehead atoms. The number of nitrogens with zero attached hydrogens (tertiary/aromatic N) is 5. The zero-order valence-corrected chi connectivity index (χ0v) is 16.5. The minimum Gasteiger partial charge on any atom is -0.366 e. The average Bonchev–Trinajstić information content (AvgIpc) is 3.24. The Balaban J connectivity index is 1.78. The van der Waals surface area contributed by atoms with Crippen LogP contribution in [0.2, 0.25) is 0 Å². The van der Waals surface area contributed by atoms with Crippen molar-refractivity contribution in [3.63, 3.8) is 0 Å². The van der Waals surface area contributed by atoms with Gasteiger partial charge >= 0.3 is 0 Å². The van der Waals surface area contributed by atoms with Crippen LogP contribution in [0.4, 0.5) is 4.39 Å². The molecule has 2 N–H and O–H groups in total. The van der Waals surface area contributed by atoms with Gasteiger partial charge in [-0.25, -0.2) is 14.1 Å². The van der Waals surface area contributed by atoms with Gasteiger partial charge in [0.05, 0.1) is 29.3 Å². The second-order valence-electron chi connectivity index (χ2n) is 7.00. The molecule has 0 unspecified atom stereocenters. The molecule has 0 atom stereocenters. The van der Waals surface area contributed by atoms with Gasteiger partial charge in [0.15, 0.2) is 5.52 Å². The first-order valence-electron chi connectivity index (χ1n) is 9.59. The molecule has 0 fully saturated rings. The van der Waals surface area contributed by atoms with Crippen molar-refractivity contribution in [2.45, 2.75) is 0 Å². The van der Waals surface area contributed by atoms with Crippen LogP contribution in [0.1, 0.15) is 10.4 Å². The maximum atomic E-state index is 13.8. The van der Waals surface area contributed by atoms with E-state index in [9.17, 15) is 14.0 Å². The van der Waals surface area contributed by atoms with E-state index in [-0.39, 0.29) is 16.8 Å². The molecule has 0 saturated heterocycles. The number of amides is 1. The molecule has 156 valence electrons. The molecule has 3 aromatic heterocycles. The Morgan fingerprint density at radius 2 is 1.81 bits per heavy atom. The number of benzene rings is 2. The van der Waals surface area contributed by atoms with Gasteiger partial charge in [0.25, 0.3) is 11.5 Å². The van der Waals surface area contributed by atoms with Crippen molar-refractivity contribution in [2.75, 3.05) is 0 Å². The summed E-state index contributed by atoms with van der Waals surface area (Å²) in [6.07, 6.45) is 5.54. The van der Waals surface area contributed by atoms with E-state index in [4.69, 9.17) is 5.73 Å². The highest BCUT2D eigenvalue weighted by Crippen LogP contribution is 2.27. The minimum absolute atomic E-state index is 0.0274. The quantitative estimate of drug-likeness (QED) is 0.475. The summed E-state index contributed by atoms with van der Waals surface area (Å²) >= 11 is 0. The topological polar surface area (TPSA) is 109 Å². The number of fused-ring (bicyclic) bond motifs is 1. The Hall–Kier alpha value is -4.66. The van der Waals surface area contributed by atoms with Crippen molar-refractivity contribution < 1.29 is 9.18 Å². The molecule has 0 spiro atoms. The second-order valence-corrected chi connectivity index (χ2v) is 7.00. The van der Waals surface area contributed by atoms with E-state index in [0.29, 0.717) is 22.3 Å². The first-order chi connectivity index (χ1) is 15.5. The standard InChI is InChI=1S/C23H15FN6O2/c24-15-6-4-5-14(9-15)17-10-26-12-19(20(17)22(25)31)29-13-27-18-11-28-30(21(18)23(29)32)16-7-2-1-3-8-16/h1-13H,(H2,25,31). The van der Waals surface area contributed by atoms with Crippen LogP contribution in [0.3, 0.4) is 0 Å². The summed E-state index contributed by atoms with van der Waals surface area (Å²) in [6.45, 7) is 0. The van der Waals surface area contributed by atoms with Crippen molar-refractivity contribution in [3.05, 3.63) is 101 Å². The fourth-order valence-electron chi connectivity index (χ4n) is 3.62. The highest BCUT2D eigenvalue weighted by Gasteiger charge is 2.21. The van der Waals surface area contributed by atoms with Gasteiger partial charge in [-0.1, -0.05) is 30.3 Å². The summed E-state index contributed by atoms with van der Waals surface area (Å²) in [4.78, 5) is 34.4. The molecule has 0 aliphatic carbocycles. The predicted molar refractivity (Wildman–Crippen MR) is 116 cm³/mol. The van der Waals surface area contributed by atoms with E-state index in [1.165, 1.54) is 52.4 Å². The fourth-order valence-corrected chi connectivity index (χ4v) is 3.62. The Kier molecular flexibility index (Phi) is 4.55. The Bertz CT molecular complexity index is 1540. The third kappa shape index (κ3) is 3.12. The van der Waals surface area contributed by atoms with Gasteiger partial charge in [-0.05, 0) is 29.8 Å². The SMILES string of the molecule is NC(=O)c1c(-c2cccc(F)c2)cncc1-n1cnc2cnn(-c3ccccc3)c2c1=O. The molecule has 8 nitrogen and oxygen atoms in total. The van der Waals surface area contributed by atoms with E-state index < -0.39 is 17.3 Å². The molecular formula is C23H15FN6O2. The number of halogens is 1. The number of aromatic nitrogens is 5. The van der Waals surface area contributed by atoms with Gasteiger partial charge in [-0.15, -0.1) is 0 Å². The third-order valence-electron chi connectivity index (χ3n) is 5.05. The number of nitrogens with two attached hydrogens (primary N) is 1. The van der Waals surface area contributed by atoms with Gasteiger partial charge in [0, 0.05) is 11.8 Å². The lowest BCUT2D eigenvalue weighted by atomic mass is 10.00. The van der Waals surface area contributed by atoms with Crippen LogP contribution in [0.5, 0.6) is 0 Å². The molecule has 3 heterocycles. The maximum absolute atomic E-state index is 13.8. The van der Waals surface area contributed by atoms with E-state index in [1.54, 1.807) is 6.07 Å². The molecule has 0 aliphatic heterocycles. The number of primary amides is 1. The van der Waals surface area contributed by atoms with Crippen molar-refractivity contribution in [3.8, 4) is 22.5 Å². The smallest absolute Gasteiger partial charge is 0.284 e. The third-order valence-corrected chi connectivity index (χ3v) is 5.05. The molecule has 2 aromatic carbocycles. The number of pyridine rings is 1. The summed E-state index contributed by atoms with van der Waals surface area (Å²) in [5.41, 5.74) is 7.40. The highest BCUT2D eigenvalue weighted by molar-refractivity contribution is 6.03. The summed E-state index contributed by atoms with van der Waals surface area (Å²) in [5.74, 6) is -1.26. The number of hydrogen-bond donors (Lipinski definition) is 1. The van der Waals surface area contributed by atoms with Gasteiger partial charge in [0.1, 0.15) is 17.7 Å². The first-order valence-corrected chi connectivity index (χ1v) is 9.59. The molecule has 9 heteroatoms. The normalized spacial score (nSPS) is 11.0. The number of carbonyl (C=O) groups is 1. The zero-order valence-electron chi connectivity index (χ0n) is 16.5. The summed E-state index contributed by atoms with van der Waals surface area (Å²) < 4.78 is 16.5. The Morgan fingerprint density at radius 1 is 1.00 bits per heavy atom. The van der Waals surface area contributed by atoms with Crippen LogP contribution < -0.4 is 11.3 Å². The lowest BCUT2D eigenvalue weighted by molar-refractivity contribution is 0.100.